The van der Waals surface area contributed by atoms with Crippen molar-refractivity contribution in [2.24, 2.45) is 5.92 Å². The third-order valence-corrected chi connectivity index (χ3v) is 9.04. The molecule has 4 rings (SSSR count). The van der Waals surface area contributed by atoms with E-state index < -0.39 is 21.1 Å². The van der Waals surface area contributed by atoms with Gasteiger partial charge in [-0.3, -0.25) is 4.79 Å². The number of hydrogen-bond acceptors (Lipinski definition) is 4. The molecule has 0 saturated carbocycles. The van der Waals surface area contributed by atoms with Crippen LogP contribution in [0.5, 0.6) is 0 Å². The van der Waals surface area contributed by atoms with Gasteiger partial charge in [-0.05, 0) is 56.2 Å². The van der Waals surface area contributed by atoms with Gasteiger partial charge in [0.1, 0.15) is 11.1 Å². The second-order valence-corrected chi connectivity index (χ2v) is 11.1. The quantitative estimate of drug-likeness (QED) is 0.662. The van der Waals surface area contributed by atoms with Crippen LogP contribution in [0.25, 0.3) is 0 Å². The van der Waals surface area contributed by atoms with Gasteiger partial charge in [0.15, 0.2) is 0 Å². The van der Waals surface area contributed by atoms with Gasteiger partial charge < -0.3 is 10.1 Å². The number of carbonyl (C=O) groups excluding carboxylic acids is 1. The van der Waals surface area contributed by atoms with Crippen LogP contribution in [-0.2, 0) is 26.1 Å². The van der Waals surface area contributed by atoms with Gasteiger partial charge in [0.25, 0.3) is 0 Å². The zero-order chi connectivity index (χ0) is 23.4. The molecule has 0 bridgehead atoms. The highest BCUT2D eigenvalue weighted by Crippen LogP contribution is 2.38. The fourth-order valence-corrected chi connectivity index (χ4v) is 6.89. The smallest absolute Gasteiger partial charge is 0.224 e. The lowest BCUT2D eigenvalue weighted by Crippen LogP contribution is -2.44. The van der Waals surface area contributed by atoms with E-state index in [2.05, 4.69) is 5.32 Å². The van der Waals surface area contributed by atoms with Crippen molar-refractivity contribution in [1.29, 1.82) is 0 Å². The van der Waals surface area contributed by atoms with Gasteiger partial charge in [-0.2, -0.15) is 4.31 Å². The van der Waals surface area contributed by atoms with E-state index in [1.54, 1.807) is 12.1 Å². The number of nitrogens with zero attached hydrogens (tertiary/aromatic N) is 1. The Morgan fingerprint density at radius 2 is 1.82 bits per heavy atom. The van der Waals surface area contributed by atoms with Crippen LogP contribution in [0.2, 0.25) is 0 Å². The maximum Gasteiger partial charge on any atom is 0.224 e. The minimum atomic E-state index is -3.64. The zero-order valence-corrected chi connectivity index (χ0v) is 19.7. The van der Waals surface area contributed by atoms with E-state index in [1.165, 1.54) is 10.4 Å². The Morgan fingerprint density at radius 3 is 2.52 bits per heavy atom. The molecule has 2 atom stereocenters. The number of rotatable bonds is 6. The van der Waals surface area contributed by atoms with Crippen molar-refractivity contribution >= 4 is 21.6 Å². The average Bonchev–Trinajstić information content (AvgIpc) is 2.79. The van der Waals surface area contributed by atoms with Crippen molar-refractivity contribution in [3.63, 3.8) is 0 Å². The summed E-state index contributed by atoms with van der Waals surface area (Å²) in [5.74, 6) is -0.388. The number of anilines is 1. The molecule has 2 aliphatic heterocycles. The normalized spacial score (nSPS) is 23.8. The van der Waals surface area contributed by atoms with E-state index in [4.69, 9.17) is 4.74 Å². The summed E-state index contributed by atoms with van der Waals surface area (Å²) in [4.78, 5) is 12.3. The topological polar surface area (TPSA) is 75.7 Å². The number of amides is 1. The zero-order valence-electron chi connectivity index (χ0n) is 18.9. The summed E-state index contributed by atoms with van der Waals surface area (Å²) in [7, 11) is -3.64. The van der Waals surface area contributed by atoms with Gasteiger partial charge in [-0.25, -0.2) is 12.8 Å². The van der Waals surface area contributed by atoms with Crippen LogP contribution < -0.4 is 5.32 Å². The van der Waals surface area contributed by atoms with Crippen LogP contribution in [0.4, 0.5) is 10.1 Å². The van der Waals surface area contributed by atoms with Gasteiger partial charge in [0, 0.05) is 43.5 Å². The summed E-state index contributed by atoms with van der Waals surface area (Å²) in [6.07, 6.45) is 3.35. The molecule has 2 aromatic carbocycles. The van der Waals surface area contributed by atoms with Gasteiger partial charge in [-0.15, -0.1) is 0 Å². The Kier molecular flexibility index (Phi) is 7.46. The van der Waals surface area contributed by atoms with E-state index in [0.29, 0.717) is 43.7 Å². The predicted octanol–water partition coefficient (Wildman–Crippen LogP) is 4.64. The Labute approximate surface area is 195 Å². The summed E-state index contributed by atoms with van der Waals surface area (Å²) >= 11 is 0. The largest absolute Gasteiger partial charge is 0.381 e. The Balaban J connectivity index is 1.45. The number of halogens is 1. The molecule has 1 N–H and O–H groups in total. The average molecular weight is 475 g/mol. The van der Waals surface area contributed by atoms with E-state index in [0.717, 1.165) is 18.4 Å². The van der Waals surface area contributed by atoms with Crippen LogP contribution in [0, 0.1) is 11.7 Å². The van der Waals surface area contributed by atoms with Gasteiger partial charge in [-0.1, -0.05) is 36.4 Å². The predicted molar refractivity (Wildman–Crippen MR) is 126 cm³/mol. The van der Waals surface area contributed by atoms with E-state index in [1.807, 2.05) is 37.3 Å². The molecule has 2 saturated heterocycles. The van der Waals surface area contributed by atoms with Crippen LogP contribution in [0.3, 0.4) is 0 Å². The number of ether oxygens (including phenoxy) is 1. The van der Waals surface area contributed by atoms with Gasteiger partial charge in [0.05, 0.1) is 0 Å². The lowest BCUT2D eigenvalue weighted by molar-refractivity contribution is -0.117. The second-order valence-electron chi connectivity index (χ2n) is 9.03. The standard InChI is InChI=1S/C25H31FN2O4S/c1-18-7-10-24(20-5-3-2-4-6-20)33(30,31)28(18)17-21-8-9-22(16-23(21)26)27-25(29)15-19-11-13-32-14-12-19/h2-6,8-9,16,18-19,24H,7,10-15,17H2,1H3,(H,27,29)/t18-,24?/m0/s1. The molecule has 0 aromatic heterocycles. The van der Waals surface area contributed by atoms with Crippen molar-refractivity contribution in [1.82, 2.24) is 4.31 Å². The molecule has 6 nitrogen and oxygen atoms in total. The molecule has 0 aliphatic carbocycles. The van der Waals surface area contributed by atoms with Crippen molar-refractivity contribution in [3.05, 3.63) is 65.5 Å². The molecule has 8 heteroatoms. The molecular weight excluding hydrogens is 443 g/mol. The summed E-state index contributed by atoms with van der Waals surface area (Å²) in [5.41, 5.74) is 1.43. The first-order valence-electron chi connectivity index (χ1n) is 11.6. The first-order valence-corrected chi connectivity index (χ1v) is 13.1. The van der Waals surface area contributed by atoms with Gasteiger partial charge >= 0.3 is 0 Å². The second kappa shape index (κ2) is 10.3. The number of nitrogens with one attached hydrogen (secondary N) is 1. The van der Waals surface area contributed by atoms with Crippen LogP contribution in [0.1, 0.15) is 55.4 Å². The Bertz CT molecular complexity index is 1070. The molecule has 0 radical (unpaired) electrons. The maximum atomic E-state index is 14.9. The fraction of sp³-hybridized carbons (Fsp3) is 0.480. The summed E-state index contributed by atoms with van der Waals surface area (Å²) in [6, 6.07) is 13.4. The molecule has 2 aliphatic rings. The molecule has 2 fully saturated rings. The molecule has 0 spiro atoms. The summed E-state index contributed by atoms with van der Waals surface area (Å²) < 4.78 is 48.4. The molecule has 2 aromatic rings. The van der Waals surface area contributed by atoms with Crippen LogP contribution in [0.15, 0.2) is 48.5 Å². The minimum Gasteiger partial charge on any atom is -0.381 e. The minimum absolute atomic E-state index is 0.0328. The first-order chi connectivity index (χ1) is 15.8. The SMILES string of the molecule is C[C@H]1CCC(c2ccccc2)S(=O)(=O)N1Cc1ccc(NC(=O)CC2CCOCC2)cc1F. The number of carbonyl (C=O) groups is 1. The number of benzene rings is 2. The molecule has 33 heavy (non-hydrogen) atoms. The third kappa shape index (κ3) is 5.62. The molecule has 1 unspecified atom stereocenters. The van der Waals surface area contributed by atoms with E-state index >= 15 is 0 Å². The molecule has 178 valence electrons. The Hall–Kier alpha value is -2.29. The van der Waals surface area contributed by atoms with Gasteiger partial charge in [0.2, 0.25) is 15.9 Å². The summed E-state index contributed by atoms with van der Waals surface area (Å²) in [5, 5.41) is 2.14. The maximum absolute atomic E-state index is 14.9. The van der Waals surface area contributed by atoms with Crippen LogP contribution in [-0.4, -0.2) is 37.9 Å². The van der Waals surface area contributed by atoms with E-state index in [9.17, 15) is 17.6 Å². The van der Waals surface area contributed by atoms with Crippen molar-refractivity contribution in [2.75, 3.05) is 18.5 Å². The highest BCUT2D eigenvalue weighted by molar-refractivity contribution is 7.89. The highest BCUT2D eigenvalue weighted by atomic mass is 32.2. The lowest BCUT2D eigenvalue weighted by atomic mass is 9.96. The monoisotopic (exact) mass is 474 g/mol. The van der Waals surface area contributed by atoms with E-state index in [-0.39, 0.29) is 24.4 Å². The highest BCUT2D eigenvalue weighted by Gasteiger charge is 2.40. The number of hydrogen-bond donors (Lipinski definition) is 1. The molecule has 2 heterocycles. The van der Waals surface area contributed by atoms with Crippen LogP contribution >= 0.6 is 0 Å². The Morgan fingerprint density at radius 1 is 1.09 bits per heavy atom. The first kappa shape index (κ1) is 23.9. The molecular formula is C25H31FN2O4S. The van der Waals surface area contributed by atoms with Crippen molar-refractivity contribution < 1.29 is 22.3 Å². The fourth-order valence-electron chi connectivity index (χ4n) is 4.70. The van der Waals surface area contributed by atoms with Crippen molar-refractivity contribution in [2.45, 2.75) is 56.9 Å². The molecule has 1 amide bonds. The third-order valence-electron chi connectivity index (χ3n) is 6.67. The summed E-state index contributed by atoms with van der Waals surface area (Å²) in [6.45, 7) is 3.17. The lowest BCUT2D eigenvalue weighted by Gasteiger charge is -2.37. The van der Waals surface area contributed by atoms with Crippen molar-refractivity contribution in [3.8, 4) is 0 Å². The number of sulfonamides is 1.